The lowest BCUT2D eigenvalue weighted by atomic mass is 10.1. The molecule has 2 rings (SSSR count). The maximum atomic E-state index is 12.1. The van der Waals surface area contributed by atoms with E-state index in [4.69, 9.17) is 4.74 Å². The van der Waals surface area contributed by atoms with Gasteiger partial charge in [0.05, 0.1) is 12.6 Å². The van der Waals surface area contributed by atoms with Crippen LogP contribution in [0.25, 0.3) is 0 Å². The Morgan fingerprint density at radius 1 is 1.30 bits per heavy atom. The number of aromatic amines is 1. The first kappa shape index (κ1) is 17.0. The Morgan fingerprint density at radius 3 is 2.65 bits per heavy atom. The maximum absolute atomic E-state index is 12.1. The number of amides is 1. The van der Waals surface area contributed by atoms with E-state index < -0.39 is 11.7 Å². The number of H-pyrrole nitrogens is 1. The van der Waals surface area contributed by atoms with Gasteiger partial charge in [0.2, 0.25) is 0 Å². The lowest BCUT2D eigenvalue weighted by molar-refractivity contribution is 0.0503. The van der Waals surface area contributed by atoms with Crippen LogP contribution < -0.4 is 10.6 Å². The van der Waals surface area contributed by atoms with Crippen molar-refractivity contribution in [3.05, 3.63) is 54.1 Å². The van der Waals surface area contributed by atoms with Gasteiger partial charge in [0.25, 0.3) is 0 Å². The Hall–Kier alpha value is -2.34. The summed E-state index contributed by atoms with van der Waals surface area (Å²) in [7, 11) is 0. The van der Waals surface area contributed by atoms with Gasteiger partial charge in [0.1, 0.15) is 11.4 Å². The Kier molecular flexibility index (Phi) is 5.76. The highest BCUT2D eigenvalue weighted by Crippen LogP contribution is 2.14. The van der Waals surface area contributed by atoms with Gasteiger partial charge < -0.3 is 20.4 Å². The van der Waals surface area contributed by atoms with Gasteiger partial charge in [-0.1, -0.05) is 30.3 Å². The molecule has 0 saturated heterocycles. The lowest BCUT2D eigenvalue weighted by Gasteiger charge is -2.24. The minimum absolute atomic E-state index is 0.180. The van der Waals surface area contributed by atoms with Crippen LogP contribution in [0.3, 0.4) is 0 Å². The lowest BCUT2D eigenvalue weighted by Crippen LogP contribution is -2.39. The van der Waals surface area contributed by atoms with E-state index in [0.717, 1.165) is 11.4 Å². The molecule has 2 aromatic rings. The smallest absolute Gasteiger partial charge is 0.408 e. The van der Waals surface area contributed by atoms with Crippen LogP contribution in [0.2, 0.25) is 0 Å². The molecule has 6 nitrogen and oxygen atoms in total. The minimum atomic E-state index is -0.521. The molecule has 0 aliphatic heterocycles. The summed E-state index contributed by atoms with van der Waals surface area (Å²) in [6, 6.07) is 9.63. The van der Waals surface area contributed by atoms with Crippen molar-refractivity contribution in [2.24, 2.45) is 0 Å². The van der Waals surface area contributed by atoms with Crippen molar-refractivity contribution >= 4 is 6.09 Å². The monoisotopic (exact) mass is 316 g/mol. The molecular formula is C17H24N4O2. The zero-order chi connectivity index (χ0) is 16.7. The van der Waals surface area contributed by atoms with Crippen LogP contribution >= 0.6 is 0 Å². The van der Waals surface area contributed by atoms with E-state index >= 15 is 0 Å². The van der Waals surface area contributed by atoms with Gasteiger partial charge in [0, 0.05) is 18.9 Å². The summed E-state index contributed by atoms with van der Waals surface area (Å²) in [5, 5.41) is 6.21. The van der Waals surface area contributed by atoms with Crippen molar-refractivity contribution in [1.29, 1.82) is 0 Å². The number of carbonyl (C=O) groups excluding carboxylic acids is 1. The minimum Gasteiger partial charge on any atom is -0.444 e. The third-order valence-electron chi connectivity index (χ3n) is 3.09. The van der Waals surface area contributed by atoms with Crippen molar-refractivity contribution in [2.45, 2.75) is 39.0 Å². The fourth-order valence-electron chi connectivity index (χ4n) is 2.12. The Labute approximate surface area is 136 Å². The van der Waals surface area contributed by atoms with E-state index in [1.54, 1.807) is 12.4 Å². The Morgan fingerprint density at radius 2 is 2.04 bits per heavy atom. The molecule has 1 aromatic carbocycles. The molecule has 0 spiro atoms. The first-order chi connectivity index (χ1) is 10.9. The summed E-state index contributed by atoms with van der Waals surface area (Å²) in [5.41, 5.74) is 0.498. The molecule has 0 radical (unpaired) electrons. The topological polar surface area (TPSA) is 79.0 Å². The molecule has 1 heterocycles. The number of ether oxygens (including phenoxy) is 1. The molecule has 0 bridgehead atoms. The largest absolute Gasteiger partial charge is 0.444 e. The number of benzene rings is 1. The molecule has 0 aliphatic carbocycles. The quantitative estimate of drug-likeness (QED) is 0.765. The van der Waals surface area contributed by atoms with Crippen LogP contribution in [0.5, 0.6) is 0 Å². The summed E-state index contributed by atoms with van der Waals surface area (Å²) in [6.07, 6.45) is 3.07. The molecule has 124 valence electrons. The van der Waals surface area contributed by atoms with Crippen LogP contribution in [0.15, 0.2) is 42.7 Å². The first-order valence-electron chi connectivity index (χ1n) is 7.67. The average molecular weight is 316 g/mol. The standard InChI is InChI=1S/C17H24N4O2/c1-17(2,3)23-16(22)21-14(13-7-5-4-6-8-13)11-18-12-15-19-9-10-20-15/h4-10,14,18H,11-12H2,1-3H3,(H,19,20)(H,21,22). The molecule has 23 heavy (non-hydrogen) atoms. The van der Waals surface area contributed by atoms with Crippen LogP contribution in [0.4, 0.5) is 4.79 Å². The summed E-state index contributed by atoms with van der Waals surface area (Å²) in [4.78, 5) is 19.3. The van der Waals surface area contributed by atoms with E-state index in [1.807, 2.05) is 51.1 Å². The van der Waals surface area contributed by atoms with Gasteiger partial charge in [-0.3, -0.25) is 0 Å². The molecular weight excluding hydrogens is 292 g/mol. The Bertz CT molecular complexity index is 591. The zero-order valence-electron chi connectivity index (χ0n) is 13.8. The molecule has 6 heteroatoms. The van der Waals surface area contributed by atoms with Gasteiger partial charge in [-0.25, -0.2) is 9.78 Å². The summed E-state index contributed by atoms with van der Waals surface area (Å²) >= 11 is 0. The predicted molar refractivity (Wildman–Crippen MR) is 88.8 cm³/mol. The van der Waals surface area contributed by atoms with Crippen molar-refractivity contribution < 1.29 is 9.53 Å². The van der Waals surface area contributed by atoms with Crippen molar-refractivity contribution in [1.82, 2.24) is 20.6 Å². The molecule has 1 unspecified atom stereocenters. The molecule has 0 saturated carbocycles. The second kappa shape index (κ2) is 7.78. The van der Waals surface area contributed by atoms with Gasteiger partial charge in [0.15, 0.2) is 0 Å². The average Bonchev–Trinajstić information content (AvgIpc) is 2.98. The highest BCUT2D eigenvalue weighted by molar-refractivity contribution is 5.68. The SMILES string of the molecule is CC(C)(C)OC(=O)NC(CNCc1ncc[nH]1)c1ccccc1. The number of alkyl carbamates (subject to hydrolysis) is 1. The number of hydrogen-bond donors (Lipinski definition) is 3. The molecule has 1 atom stereocenters. The molecule has 1 aromatic heterocycles. The van der Waals surface area contributed by atoms with Crippen LogP contribution in [-0.2, 0) is 11.3 Å². The highest BCUT2D eigenvalue weighted by atomic mass is 16.6. The van der Waals surface area contributed by atoms with E-state index in [1.165, 1.54) is 0 Å². The second-order valence-corrected chi connectivity index (χ2v) is 6.28. The fourth-order valence-corrected chi connectivity index (χ4v) is 2.12. The summed E-state index contributed by atoms with van der Waals surface area (Å²) in [6.45, 7) is 6.72. The van der Waals surface area contributed by atoms with Crippen molar-refractivity contribution in [2.75, 3.05) is 6.54 Å². The van der Waals surface area contributed by atoms with Crippen LogP contribution in [0, 0.1) is 0 Å². The van der Waals surface area contributed by atoms with Crippen molar-refractivity contribution in [3.8, 4) is 0 Å². The van der Waals surface area contributed by atoms with E-state index in [2.05, 4.69) is 20.6 Å². The molecule has 0 fully saturated rings. The van der Waals surface area contributed by atoms with E-state index in [-0.39, 0.29) is 6.04 Å². The number of nitrogens with zero attached hydrogens (tertiary/aromatic N) is 1. The van der Waals surface area contributed by atoms with Crippen molar-refractivity contribution in [3.63, 3.8) is 0 Å². The van der Waals surface area contributed by atoms with E-state index in [0.29, 0.717) is 13.1 Å². The normalized spacial score (nSPS) is 12.7. The first-order valence-corrected chi connectivity index (χ1v) is 7.67. The van der Waals surface area contributed by atoms with Gasteiger partial charge >= 0.3 is 6.09 Å². The summed E-state index contributed by atoms with van der Waals surface area (Å²) < 4.78 is 5.35. The maximum Gasteiger partial charge on any atom is 0.408 e. The highest BCUT2D eigenvalue weighted by Gasteiger charge is 2.20. The fraction of sp³-hybridized carbons (Fsp3) is 0.412. The second-order valence-electron chi connectivity index (χ2n) is 6.28. The van der Waals surface area contributed by atoms with Crippen LogP contribution in [-0.4, -0.2) is 28.2 Å². The number of carbonyl (C=O) groups is 1. The molecule has 0 aliphatic rings. The number of aromatic nitrogens is 2. The zero-order valence-corrected chi connectivity index (χ0v) is 13.8. The van der Waals surface area contributed by atoms with Gasteiger partial charge in [-0.05, 0) is 26.3 Å². The van der Waals surface area contributed by atoms with Gasteiger partial charge in [-0.15, -0.1) is 0 Å². The Balaban J connectivity index is 1.96. The molecule has 1 amide bonds. The van der Waals surface area contributed by atoms with Crippen LogP contribution in [0.1, 0.15) is 38.2 Å². The third-order valence-corrected chi connectivity index (χ3v) is 3.09. The number of hydrogen-bond acceptors (Lipinski definition) is 4. The van der Waals surface area contributed by atoms with E-state index in [9.17, 15) is 4.79 Å². The third kappa shape index (κ3) is 6.12. The van der Waals surface area contributed by atoms with Gasteiger partial charge in [-0.2, -0.15) is 0 Å². The summed E-state index contributed by atoms with van der Waals surface area (Å²) in [5.74, 6) is 0.856. The number of rotatable bonds is 6. The predicted octanol–water partition coefficient (Wildman–Crippen LogP) is 2.77. The number of nitrogens with one attached hydrogen (secondary N) is 3. The number of imidazole rings is 1. The molecule has 3 N–H and O–H groups in total.